The SMILES string of the molecule is Cc1nc2nccc(C(=O)ON3C(=O)c4ccccc4C3=O)c2[nH]1. The second kappa shape index (κ2) is 4.98. The summed E-state index contributed by atoms with van der Waals surface area (Å²) in [6, 6.07) is 7.71. The maximum Gasteiger partial charge on any atom is 0.366 e. The van der Waals surface area contributed by atoms with Crippen molar-refractivity contribution in [2.45, 2.75) is 6.92 Å². The number of nitrogens with zero attached hydrogens (tertiary/aromatic N) is 3. The lowest BCUT2D eigenvalue weighted by molar-refractivity contribution is -0.0583. The van der Waals surface area contributed by atoms with Crippen molar-refractivity contribution in [3.05, 3.63) is 59.0 Å². The van der Waals surface area contributed by atoms with Gasteiger partial charge in [0.25, 0.3) is 11.8 Å². The molecular weight excluding hydrogens is 312 g/mol. The molecule has 8 nitrogen and oxygen atoms in total. The van der Waals surface area contributed by atoms with Gasteiger partial charge < -0.3 is 9.82 Å². The van der Waals surface area contributed by atoms with Gasteiger partial charge in [-0.2, -0.15) is 0 Å². The first-order chi connectivity index (χ1) is 11.6. The Labute approximate surface area is 135 Å². The quantitative estimate of drug-likeness (QED) is 0.719. The lowest BCUT2D eigenvalue weighted by Gasteiger charge is -2.12. The first-order valence-electron chi connectivity index (χ1n) is 7.07. The molecule has 0 saturated heterocycles. The number of pyridine rings is 1. The molecule has 0 unspecified atom stereocenters. The molecule has 0 fully saturated rings. The van der Waals surface area contributed by atoms with Crippen molar-refractivity contribution in [2.24, 2.45) is 0 Å². The van der Waals surface area contributed by atoms with E-state index in [2.05, 4.69) is 15.0 Å². The average molecular weight is 322 g/mol. The number of hydrogen-bond donors (Lipinski definition) is 1. The fourth-order valence-electron chi connectivity index (χ4n) is 2.58. The first-order valence-corrected chi connectivity index (χ1v) is 7.07. The van der Waals surface area contributed by atoms with Gasteiger partial charge in [-0.1, -0.05) is 17.2 Å². The van der Waals surface area contributed by atoms with Crippen molar-refractivity contribution in [2.75, 3.05) is 0 Å². The highest BCUT2D eigenvalue weighted by atomic mass is 16.7. The maximum atomic E-state index is 12.4. The summed E-state index contributed by atoms with van der Waals surface area (Å²) in [6.45, 7) is 1.72. The Hall–Kier alpha value is -3.55. The molecule has 1 aliphatic heterocycles. The minimum Gasteiger partial charge on any atom is -0.340 e. The molecule has 2 aromatic heterocycles. The molecule has 4 rings (SSSR count). The van der Waals surface area contributed by atoms with Gasteiger partial charge in [-0.05, 0) is 25.1 Å². The van der Waals surface area contributed by atoms with E-state index in [9.17, 15) is 14.4 Å². The number of aromatic amines is 1. The standard InChI is InChI=1S/C16H10N4O4/c1-8-18-12-11(6-7-17-13(12)19-8)16(23)24-20-14(21)9-4-2-3-5-10(9)15(20)22/h2-7H,1H3,(H,17,18,19). The smallest absolute Gasteiger partial charge is 0.340 e. The lowest BCUT2D eigenvalue weighted by atomic mass is 10.1. The number of imide groups is 1. The van der Waals surface area contributed by atoms with Crippen molar-refractivity contribution in [1.29, 1.82) is 0 Å². The molecule has 1 aromatic carbocycles. The van der Waals surface area contributed by atoms with Gasteiger partial charge in [-0.25, -0.2) is 14.8 Å². The zero-order chi connectivity index (χ0) is 16.8. The fraction of sp³-hybridized carbons (Fsp3) is 0.0625. The van der Waals surface area contributed by atoms with Crippen LogP contribution in [0.5, 0.6) is 0 Å². The Morgan fingerprint density at radius 2 is 1.79 bits per heavy atom. The van der Waals surface area contributed by atoms with Crippen molar-refractivity contribution in [3.8, 4) is 0 Å². The van der Waals surface area contributed by atoms with Crippen LogP contribution in [-0.4, -0.2) is 37.8 Å². The maximum absolute atomic E-state index is 12.4. The lowest BCUT2D eigenvalue weighted by Crippen LogP contribution is -2.32. The van der Waals surface area contributed by atoms with E-state index in [4.69, 9.17) is 4.84 Å². The topological polar surface area (TPSA) is 105 Å². The molecule has 8 heteroatoms. The highest BCUT2D eigenvalue weighted by Crippen LogP contribution is 2.24. The van der Waals surface area contributed by atoms with Crippen LogP contribution in [0.2, 0.25) is 0 Å². The number of benzene rings is 1. The third-order valence-corrected chi connectivity index (χ3v) is 3.66. The molecule has 2 amide bonds. The summed E-state index contributed by atoms with van der Waals surface area (Å²) in [5, 5.41) is 0.475. The molecule has 118 valence electrons. The van der Waals surface area contributed by atoms with E-state index in [1.165, 1.54) is 24.4 Å². The van der Waals surface area contributed by atoms with Gasteiger partial charge in [0.05, 0.1) is 22.2 Å². The van der Waals surface area contributed by atoms with Gasteiger partial charge in [-0.3, -0.25) is 9.59 Å². The summed E-state index contributed by atoms with van der Waals surface area (Å²) in [6.07, 6.45) is 1.40. The van der Waals surface area contributed by atoms with E-state index in [0.717, 1.165) is 0 Å². The van der Waals surface area contributed by atoms with Crippen molar-refractivity contribution in [3.63, 3.8) is 0 Å². The number of hydrogen-bond acceptors (Lipinski definition) is 6. The van der Waals surface area contributed by atoms with Crippen LogP contribution in [0.4, 0.5) is 0 Å². The highest BCUT2D eigenvalue weighted by molar-refractivity contribution is 6.21. The second-order valence-corrected chi connectivity index (χ2v) is 5.21. The second-order valence-electron chi connectivity index (χ2n) is 5.21. The molecule has 0 bridgehead atoms. The van der Waals surface area contributed by atoms with Gasteiger partial charge in [0.15, 0.2) is 5.65 Å². The molecule has 0 aliphatic carbocycles. The Morgan fingerprint density at radius 1 is 1.12 bits per heavy atom. The van der Waals surface area contributed by atoms with Crippen LogP contribution < -0.4 is 0 Å². The summed E-state index contributed by atoms with van der Waals surface area (Å²) in [5.74, 6) is -1.61. The number of carbonyl (C=O) groups excluding carboxylic acids is 3. The molecule has 1 N–H and O–H groups in total. The average Bonchev–Trinajstić information content (AvgIpc) is 3.07. The fourth-order valence-corrected chi connectivity index (χ4v) is 2.58. The predicted molar refractivity (Wildman–Crippen MR) is 81.0 cm³/mol. The minimum atomic E-state index is -0.847. The summed E-state index contributed by atoms with van der Waals surface area (Å²) >= 11 is 0. The van der Waals surface area contributed by atoms with Crippen LogP contribution in [0.3, 0.4) is 0 Å². The van der Waals surface area contributed by atoms with E-state index < -0.39 is 17.8 Å². The van der Waals surface area contributed by atoms with Crippen LogP contribution in [0, 0.1) is 6.92 Å². The minimum absolute atomic E-state index is 0.136. The number of H-pyrrole nitrogens is 1. The summed E-state index contributed by atoms with van der Waals surface area (Å²) in [7, 11) is 0. The number of aryl methyl sites for hydroxylation is 1. The number of rotatable bonds is 2. The van der Waals surface area contributed by atoms with Gasteiger partial charge in [0, 0.05) is 6.20 Å². The van der Waals surface area contributed by atoms with E-state index in [-0.39, 0.29) is 16.7 Å². The van der Waals surface area contributed by atoms with Gasteiger partial charge in [-0.15, -0.1) is 0 Å². The van der Waals surface area contributed by atoms with E-state index in [1.807, 2.05) is 0 Å². The Kier molecular flexibility index (Phi) is 2.92. The highest BCUT2D eigenvalue weighted by Gasteiger charge is 2.39. The summed E-state index contributed by atoms with van der Waals surface area (Å²) in [4.78, 5) is 53.0. The predicted octanol–water partition coefficient (Wildman–Crippen LogP) is 1.63. The number of amides is 2. The molecule has 3 aromatic rings. The molecule has 1 aliphatic rings. The Balaban J connectivity index is 1.68. The largest absolute Gasteiger partial charge is 0.366 e. The summed E-state index contributed by atoms with van der Waals surface area (Å²) < 4.78 is 0. The van der Waals surface area contributed by atoms with Crippen molar-refractivity contribution in [1.82, 2.24) is 20.0 Å². The molecule has 0 atom stereocenters. The van der Waals surface area contributed by atoms with Crippen LogP contribution in [-0.2, 0) is 4.84 Å². The van der Waals surface area contributed by atoms with Gasteiger partial charge in [0.1, 0.15) is 5.82 Å². The molecule has 3 heterocycles. The zero-order valence-electron chi connectivity index (χ0n) is 12.4. The number of aromatic nitrogens is 3. The molecule has 0 saturated carbocycles. The molecule has 24 heavy (non-hydrogen) atoms. The van der Waals surface area contributed by atoms with Gasteiger partial charge in [0.2, 0.25) is 0 Å². The van der Waals surface area contributed by atoms with Crippen molar-refractivity contribution >= 4 is 28.9 Å². The Bertz CT molecular complexity index is 989. The molecular formula is C16H10N4O4. The number of nitrogens with one attached hydrogen (secondary N) is 1. The number of carbonyl (C=O) groups is 3. The third kappa shape index (κ3) is 1.97. The first kappa shape index (κ1) is 14.1. The van der Waals surface area contributed by atoms with Crippen molar-refractivity contribution < 1.29 is 19.2 Å². The van der Waals surface area contributed by atoms with Crippen LogP contribution in [0.1, 0.15) is 36.9 Å². The summed E-state index contributed by atoms with van der Waals surface area (Å²) in [5.41, 5.74) is 1.28. The zero-order valence-corrected chi connectivity index (χ0v) is 12.4. The Morgan fingerprint density at radius 3 is 2.46 bits per heavy atom. The third-order valence-electron chi connectivity index (χ3n) is 3.66. The number of hydroxylamine groups is 2. The molecule has 0 radical (unpaired) electrons. The van der Waals surface area contributed by atoms with Crippen LogP contribution in [0.25, 0.3) is 11.2 Å². The normalized spacial score (nSPS) is 13.5. The number of imidazole rings is 1. The number of fused-ring (bicyclic) bond motifs is 2. The van der Waals surface area contributed by atoms with Crippen LogP contribution >= 0.6 is 0 Å². The van der Waals surface area contributed by atoms with Crippen LogP contribution in [0.15, 0.2) is 36.5 Å². The van der Waals surface area contributed by atoms with E-state index >= 15 is 0 Å². The monoisotopic (exact) mass is 322 g/mol. The van der Waals surface area contributed by atoms with E-state index in [1.54, 1.807) is 19.1 Å². The van der Waals surface area contributed by atoms with E-state index in [0.29, 0.717) is 22.1 Å². The molecule has 0 spiro atoms. The van der Waals surface area contributed by atoms with Gasteiger partial charge >= 0.3 is 5.97 Å².